The molecule has 0 aromatic heterocycles. The van der Waals surface area contributed by atoms with Gasteiger partial charge in [-0.1, -0.05) is 47.5 Å². The zero-order chi connectivity index (χ0) is 15.4. The minimum atomic E-state index is 1.14. The van der Waals surface area contributed by atoms with Crippen molar-refractivity contribution in [3.8, 4) is 0 Å². The molecule has 2 aromatic rings. The number of benzene rings is 2. The van der Waals surface area contributed by atoms with Gasteiger partial charge in [-0.25, -0.2) is 0 Å². The second-order valence-corrected chi connectivity index (χ2v) is 6.02. The monoisotopic (exact) mass is 289 g/mol. The summed E-state index contributed by atoms with van der Waals surface area (Å²) in [5.74, 6) is 0. The topological polar surface area (TPSA) is 3.24 Å². The van der Waals surface area contributed by atoms with E-state index in [2.05, 4.69) is 85.5 Å². The van der Waals surface area contributed by atoms with Crippen molar-refractivity contribution < 1.29 is 0 Å². The fourth-order valence-corrected chi connectivity index (χ4v) is 2.89. The lowest BCUT2D eigenvalue weighted by atomic mass is 10.1. The summed E-state index contributed by atoms with van der Waals surface area (Å²) in [6.07, 6.45) is 8.26. The molecule has 1 nitrogen and oxygen atoms in total. The minimum absolute atomic E-state index is 1.14. The van der Waals surface area contributed by atoms with E-state index < -0.39 is 0 Å². The normalized spacial score (nSPS) is 14.8. The molecule has 3 rings (SSSR count). The van der Waals surface area contributed by atoms with Crippen LogP contribution in [-0.4, -0.2) is 0 Å². The molecule has 0 unspecified atom stereocenters. The lowest BCUT2D eigenvalue weighted by Gasteiger charge is -2.26. The van der Waals surface area contributed by atoms with Crippen LogP contribution in [0.15, 0.2) is 78.0 Å². The average molecular weight is 289 g/mol. The van der Waals surface area contributed by atoms with Crippen molar-refractivity contribution in [1.82, 2.24) is 0 Å². The van der Waals surface area contributed by atoms with Crippen molar-refractivity contribution in [3.05, 3.63) is 83.6 Å². The van der Waals surface area contributed by atoms with Gasteiger partial charge in [-0.2, -0.15) is 0 Å². The van der Waals surface area contributed by atoms with E-state index in [0.29, 0.717) is 0 Å². The predicted octanol–water partition coefficient (Wildman–Crippen LogP) is 6.15. The number of aryl methyl sites for hydroxylation is 1. The lowest BCUT2D eigenvalue weighted by Crippen LogP contribution is -2.15. The summed E-state index contributed by atoms with van der Waals surface area (Å²) in [6.45, 7) is 4.36. The summed E-state index contributed by atoms with van der Waals surface area (Å²) in [5, 5.41) is 0. The van der Waals surface area contributed by atoms with E-state index in [9.17, 15) is 0 Å². The SMILES string of the molecule is CC1=CC(N(c2ccccc2)c2ccc(C)cc2)=CCCC1. The van der Waals surface area contributed by atoms with E-state index in [0.717, 1.165) is 6.42 Å². The average Bonchev–Trinajstić information content (AvgIpc) is 2.75. The fourth-order valence-electron chi connectivity index (χ4n) is 2.89. The van der Waals surface area contributed by atoms with Crippen molar-refractivity contribution in [2.45, 2.75) is 33.1 Å². The van der Waals surface area contributed by atoms with E-state index >= 15 is 0 Å². The Morgan fingerprint density at radius 3 is 2.23 bits per heavy atom. The van der Waals surface area contributed by atoms with Crippen molar-refractivity contribution in [3.63, 3.8) is 0 Å². The van der Waals surface area contributed by atoms with Gasteiger partial charge in [0.2, 0.25) is 0 Å². The molecule has 1 heteroatoms. The highest BCUT2D eigenvalue weighted by Gasteiger charge is 2.14. The van der Waals surface area contributed by atoms with Gasteiger partial charge in [0.25, 0.3) is 0 Å². The molecule has 22 heavy (non-hydrogen) atoms. The Morgan fingerprint density at radius 2 is 1.50 bits per heavy atom. The molecule has 0 bridgehead atoms. The fraction of sp³-hybridized carbons (Fsp3) is 0.238. The van der Waals surface area contributed by atoms with E-state index in [4.69, 9.17) is 0 Å². The van der Waals surface area contributed by atoms with Crippen molar-refractivity contribution in [2.75, 3.05) is 4.90 Å². The maximum absolute atomic E-state index is 2.36. The number of rotatable bonds is 3. The van der Waals surface area contributed by atoms with Crippen LogP contribution in [0, 0.1) is 6.92 Å². The van der Waals surface area contributed by atoms with Gasteiger partial charge in [0, 0.05) is 17.1 Å². The smallest absolute Gasteiger partial charge is 0.0461 e. The first-order valence-electron chi connectivity index (χ1n) is 8.03. The summed E-state index contributed by atoms with van der Waals surface area (Å²) in [6, 6.07) is 19.4. The third-order valence-corrected chi connectivity index (χ3v) is 4.09. The molecule has 0 aliphatic heterocycles. The molecule has 0 saturated heterocycles. The van der Waals surface area contributed by atoms with Crippen LogP contribution in [0.5, 0.6) is 0 Å². The molecule has 0 amide bonds. The summed E-state index contributed by atoms with van der Waals surface area (Å²) in [7, 11) is 0. The first kappa shape index (κ1) is 14.6. The largest absolute Gasteiger partial charge is 0.311 e. The van der Waals surface area contributed by atoms with Gasteiger partial charge < -0.3 is 4.90 Å². The number of hydrogen-bond donors (Lipinski definition) is 0. The van der Waals surface area contributed by atoms with Crippen LogP contribution in [0.1, 0.15) is 31.7 Å². The van der Waals surface area contributed by atoms with E-state index in [1.54, 1.807) is 0 Å². The lowest BCUT2D eigenvalue weighted by molar-refractivity contribution is 0.840. The highest BCUT2D eigenvalue weighted by Crippen LogP contribution is 2.32. The van der Waals surface area contributed by atoms with Gasteiger partial charge >= 0.3 is 0 Å². The highest BCUT2D eigenvalue weighted by atomic mass is 15.1. The number of allylic oxidation sites excluding steroid dienone is 3. The number of hydrogen-bond acceptors (Lipinski definition) is 1. The Balaban J connectivity index is 2.09. The molecule has 0 heterocycles. The quantitative estimate of drug-likeness (QED) is 0.655. The third-order valence-electron chi connectivity index (χ3n) is 4.09. The zero-order valence-electron chi connectivity index (χ0n) is 13.4. The van der Waals surface area contributed by atoms with E-state index in [1.807, 2.05) is 0 Å². The summed E-state index contributed by atoms with van der Waals surface area (Å²) >= 11 is 0. The van der Waals surface area contributed by atoms with Crippen LogP contribution in [0.25, 0.3) is 0 Å². The zero-order valence-corrected chi connectivity index (χ0v) is 13.4. The molecule has 0 fully saturated rings. The maximum atomic E-state index is 2.36. The molecule has 0 spiro atoms. The number of anilines is 2. The first-order valence-corrected chi connectivity index (χ1v) is 8.03. The van der Waals surface area contributed by atoms with Crippen LogP contribution >= 0.6 is 0 Å². The predicted molar refractivity (Wildman–Crippen MR) is 95.5 cm³/mol. The molecular formula is C21H23N. The van der Waals surface area contributed by atoms with Crippen LogP contribution in [0.2, 0.25) is 0 Å². The third kappa shape index (κ3) is 3.30. The Kier molecular flexibility index (Phi) is 4.43. The van der Waals surface area contributed by atoms with E-state index in [-0.39, 0.29) is 0 Å². The van der Waals surface area contributed by atoms with Crippen LogP contribution in [0.4, 0.5) is 11.4 Å². The number of para-hydroxylation sites is 1. The molecule has 1 aliphatic carbocycles. The number of nitrogens with zero attached hydrogens (tertiary/aromatic N) is 1. The highest BCUT2D eigenvalue weighted by molar-refractivity contribution is 5.70. The van der Waals surface area contributed by atoms with E-state index in [1.165, 1.54) is 41.1 Å². The van der Waals surface area contributed by atoms with Gasteiger partial charge in [0.05, 0.1) is 0 Å². The molecule has 0 atom stereocenters. The van der Waals surface area contributed by atoms with Gasteiger partial charge in [0.15, 0.2) is 0 Å². The van der Waals surface area contributed by atoms with Crippen molar-refractivity contribution in [1.29, 1.82) is 0 Å². The summed E-state index contributed by atoms with van der Waals surface area (Å²) < 4.78 is 0. The maximum Gasteiger partial charge on any atom is 0.0461 e. The van der Waals surface area contributed by atoms with Gasteiger partial charge in [-0.3, -0.25) is 0 Å². The minimum Gasteiger partial charge on any atom is -0.311 e. The van der Waals surface area contributed by atoms with Crippen LogP contribution < -0.4 is 4.90 Å². The summed E-state index contributed by atoms with van der Waals surface area (Å²) in [5.41, 5.74) is 6.46. The second-order valence-electron chi connectivity index (χ2n) is 6.02. The van der Waals surface area contributed by atoms with Gasteiger partial charge in [-0.05, 0) is 63.5 Å². The van der Waals surface area contributed by atoms with Gasteiger partial charge in [-0.15, -0.1) is 0 Å². The van der Waals surface area contributed by atoms with Crippen molar-refractivity contribution in [2.24, 2.45) is 0 Å². The Hall–Kier alpha value is -2.28. The molecule has 1 aliphatic rings. The van der Waals surface area contributed by atoms with Gasteiger partial charge in [0.1, 0.15) is 0 Å². The molecule has 0 radical (unpaired) electrons. The molecule has 0 saturated carbocycles. The molecule has 2 aromatic carbocycles. The molecule has 112 valence electrons. The Bertz CT molecular complexity index is 678. The summed E-state index contributed by atoms with van der Waals surface area (Å²) in [4.78, 5) is 2.36. The molecule has 0 N–H and O–H groups in total. The van der Waals surface area contributed by atoms with Crippen LogP contribution in [-0.2, 0) is 0 Å². The first-order chi connectivity index (χ1) is 10.7. The van der Waals surface area contributed by atoms with Crippen molar-refractivity contribution >= 4 is 11.4 Å². The Labute approximate surface area is 133 Å². The molecular weight excluding hydrogens is 266 g/mol. The van der Waals surface area contributed by atoms with Crippen LogP contribution in [0.3, 0.4) is 0 Å². The second kappa shape index (κ2) is 6.65. The standard InChI is InChI=1S/C21H23N/c1-17-12-14-20(15-13-17)22(19-9-4-3-5-10-19)21-11-7-6-8-18(2)16-21/h3-5,9-16H,6-8H2,1-2H3. The Morgan fingerprint density at radius 1 is 0.818 bits per heavy atom.